The van der Waals surface area contributed by atoms with Crippen molar-refractivity contribution in [3.63, 3.8) is 0 Å². The summed E-state index contributed by atoms with van der Waals surface area (Å²) in [5.41, 5.74) is -0.162. The minimum Gasteiger partial charge on any atom is -0.367 e. The van der Waals surface area contributed by atoms with Crippen LogP contribution < -0.4 is 10.9 Å². The van der Waals surface area contributed by atoms with Crippen molar-refractivity contribution in [2.45, 2.75) is 19.9 Å². The molecule has 5 heteroatoms. The minimum absolute atomic E-state index is 0.162. The van der Waals surface area contributed by atoms with Crippen LogP contribution in [0.25, 0.3) is 10.8 Å². The molecule has 0 fully saturated rings. The summed E-state index contributed by atoms with van der Waals surface area (Å²) in [6.07, 6.45) is 1.60. The number of halogens is 1. The van der Waals surface area contributed by atoms with Crippen LogP contribution in [0.3, 0.4) is 0 Å². The van der Waals surface area contributed by atoms with Gasteiger partial charge >= 0.3 is 0 Å². The van der Waals surface area contributed by atoms with Crippen LogP contribution in [-0.2, 0) is 0 Å². The highest BCUT2D eigenvalue weighted by Crippen LogP contribution is 2.21. The van der Waals surface area contributed by atoms with E-state index in [9.17, 15) is 4.79 Å². The van der Waals surface area contributed by atoms with E-state index in [0.29, 0.717) is 16.4 Å². The van der Waals surface area contributed by atoms with Crippen LogP contribution in [0.4, 0.5) is 5.82 Å². The van der Waals surface area contributed by atoms with Crippen LogP contribution in [0.15, 0.2) is 23.1 Å². The van der Waals surface area contributed by atoms with Crippen molar-refractivity contribution >= 4 is 28.2 Å². The van der Waals surface area contributed by atoms with Gasteiger partial charge in [-0.15, -0.1) is 0 Å². The molecule has 0 atom stereocenters. The Morgan fingerprint density at radius 2 is 2.25 bits per heavy atom. The number of nitrogens with one attached hydrogen (secondary N) is 2. The van der Waals surface area contributed by atoms with Crippen molar-refractivity contribution < 1.29 is 0 Å². The Bertz CT molecular complexity index is 577. The Hall–Kier alpha value is -1.55. The summed E-state index contributed by atoms with van der Waals surface area (Å²) >= 11 is 5.90. The number of hydrogen-bond donors (Lipinski definition) is 2. The molecule has 0 unspecified atom stereocenters. The van der Waals surface area contributed by atoms with Crippen molar-refractivity contribution in [3.8, 4) is 0 Å². The molecule has 2 rings (SSSR count). The zero-order valence-corrected chi connectivity index (χ0v) is 9.80. The second-order valence-corrected chi connectivity index (χ2v) is 4.25. The zero-order chi connectivity index (χ0) is 11.7. The standard InChI is InChI=1S/C11H12ClN3O/c1-6(2)14-10-9-7(5-8(12)15-10)3-4-13-11(9)16/h3-6H,1-2H3,(H,13,16)(H,14,15). The number of aromatic amines is 1. The molecule has 2 aromatic heterocycles. The maximum absolute atomic E-state index is 11.7. The molecule has 0 spiro atoms. The van der Waals surface area contributed by atoms with Gasteiger partial charge in [0.05, 0.1) is 5.39 Å². The Kier molecular flexibility index (Phi) is 2.83. The molecule has 0 saturated heterocycles. The van der Waals surface area contributed by atoms with E-state index < -0.39 is 0 Å². The quantitative estimate of drug-likeness (QED) is 0.789. The third-order valence-electron chi connectivity index (χ3n) is 2.15. The molecular formula is C11H12ClN3O. The average Bonchev–Trinajstić information content (AvgIpc) is 2.15. The van der Waals surface area contributed by atoms with Crippen molar-refractivity contribution in [1.29, 1.82) is 0 Å². The van der Waals surface area contributed by atoms with Gasteiger partial charge in [-0.25, -0.2) is 4.98 Å². The number of anilines is 1. The van der Waals surface area contributed by atoms with Crippen LogP contribution in [0.1, 0.15) is 13.8 Å². The molecule has 4 nitrogen and oxygen atoms in total. The Morgan fingerprint density at radius 3 is 2.94 bits per heavy atom. The average molecular weight is 238 g/mol. The van der Waals surface area contributed by atoms with Gasteiger partial charge in [0, 0.05) is 12.2 Å². The van der Waals surface area contributed by atoms with E-state index in [-0.39, 0.29) is 11.6 Å². The molecule has 84 valence electrons. The first-order valence-corrected chi connectivity index (χ1v) is 5.40. The van der Waals surface area contributed by atoms with Crippen LogP contribution in [0.5, 0.6) is 0 Å². The van der Waals surface area contributed by atoms with Crippen LogP contribution in [-0.4, -0.2) is 16.0 Å². The van der Waals surface area contributed by atoms with Gasteiger partial charge in [0.25, 0.3) is 5.56 Å². The molecular weight excluding hydrogens is 226 g/mol. The zero-order valence-electron chi connectivity index (χ0n) is 9.04. The van der Waals surface area contributed by atoms with E-state index in [4.69, 9.17) is 11.6 Å². The van der Waals surface area contributed by atoms with Gasteiger partial charge in [-0.05, 0) is 31.4 Å². The Labute approximate surface area is 97.7 Å². The molecule has 0 aliphatic heterocycles. The predicted molar refractivity (Wildman–Crippen MR) is 66.1 cm³/mol. The summed E-state index contributed by atoms with van der Waals surface area (Å²) < 4.78 is 0. The topological polar surface area (TPSA) is 57.8 Å². The highest BCUT2D eigenvalue weighted by atomic mass is 35.5. The van der Waals surface area contributed by atoms with E-state index in [1.165, 1.54) is 0 Å². The first-order chi connectivity index (χ1) is 7.58. The lowest BCUT2D eigenvalue weighted by Crippen LogP contribution is -2.15. The van der Waals surface area contributed by atoms with Crippen molar-refractivity contribution in [3.05, 3.63) is 33.8 Å². The molecule has 2 aromatic rings. The number of aromatic nitrogens is 2. The Balaban J connectivity index is 2.75. The van der Waals surface area contributed by atoms with Gasteiger partial charge in [-0.2, -0.15) is 0 Å². The highest BCUT2D eigenvalue weighted by molar-refractivity contribution is 6.30. The predicted octanol–water partition coefficient (Wildman–Crippen LogP) is 2.40. The van der Waals surface area contributed by atoms with Crippen molar-refractivity contribution in [1.82, 2.24) is 9.97 Å². The Morgan fingerprint density at radius 1 is 1.50 bits per heavy atom. The van der Waals surface area contributed by atoms with Gasteiger partial charge in [0.15, 0.2) is 0 Å². The summed E-state index contributed by atoms with van der Waals surface area (Å²) in [6.45, 7) is 3.96. The maximum atomic E-state index is 11.7. The lowest BCUT2D eigenvalue weighted by molar-refractivity contribution is 0.892. The highest BCUT2D eigenvalue weighted by Gasteiger charge is 2.09. The fourth-order valence-electron chi connectivity index (χ4n) is 1.56. The molecule has 0 aromatic carbocycles. The smallest absolute Gasteiger partial charge is 0.259 e. The molecule has 16 heavy (non-hydrogen) atoms. The summed E-state index contributed by atoms with van der Waals surface area (Å²) in [4.78, 5) is 18.5. The third kappa shape index (κ3) is 2.02. The largest absolute Gasteiger partial charge is 0.367 e. The molecule has 2 N–H and O–H groups in total. The van der Waals surface area contributed by atoms with Gasteiger partial charge in [-0.3, -0.25) is 4.79 Å². The normalized spacial score (nSPS) is 11.0. The SMILES string of the molecule is CC(C)Nc1nc(Cl)cc2cc[nH]c(=O)c12. The molecule has 0 bridgehead atoms. The van der Waals surface area contributed by atoms with Crippen molar-refractivity contribution in [2.75, 3.05) is 5.32 Å². The van der Waals surface area contributed by atoms with E-state index in [1.807, 2.05) is 13.8 Å². The lowest BCUT2D eigenvalue weighted by atomic mass is 10.2. The summed E-state index contributed by atoms with van der Waals surface area (Å²) in [5, 5.41) is 4.82. The second-order valence-electron chi connectivity index (χ2n) is 3.86. The number of hydrogen-bond acceptors (Lipinski definition) is 3. The van der Waals surface area contributed by atoms with Gasteiger partial charge in [0.1, 0.15) is 11.0 Å². The van der Waals surface area contributed by atoms with E-state index in [2.05, 4.69) is 15.3 Å². The molecule has 0 aliphatic rings. The second kappa shape index (κ2) is 4.14. The molecule has 0 amide bonds. The van der Waals surface area contributed by atoms with Gasteiger partial charge in [0.2, 0.25) is 0 Å². The van der Waals surface area contributed by atoms with Crippen LogP contribution in [0, 0.1) is 0 Å². The van der Waals surface area contributed by atoms with E-state index >= 15 is 0 Å². The molecule has 2 heterocycles. The van der Waals surface area contributed by atoms with Crippen LogP contribution >= 0.6 is 11.6 Å². The number of pyridine rings is 2. The summed E-state index contributed by atoms with van der Waals surface area (Å²) in [6, 6.07) is 3.67. The minimum atomic E-state index is -0.162. The molecule has 0 radical (unpaired) electrons. The fraction of sp³-hybridized carbons (Fsp3) is 0.273. The first-order valence-electron chi connectivity index (χ1n) is 5.02. The first kappa shape index (κ1) is 11.0. The number of rotatable bonds is 2. The third-order valence-corrected chi connectivity index (χ3v) is 2.34. The molecule has 0 aliphatic carbocycles. The fourth-order valence-corrected chi connectivity index (χ4v) is 1.76. The van der Waals surface area contributed by atoms with Crippen molar-refractivity contribution in [2.24, 2.45) is 0 Å². The maximum Gasteiger partial charge on any atom is 0.259 e. The number of fused-ring (bicyclic) bond motifs is 1. The van der Waals surface area contributed by atoms with Gasteiger partial charge in [-0.1, -0.05) is 11.6 Å². The number of H-pyrrole nitrogens is 1. The van der Waals surface area contributed by atoms with Crippen LogP contribution in [0.2, 0.25) is 5.15 Å². The van der Waals surface area contributed by atoms with E-state index in [0.717, 1.165) is 5.39 Å². The summed E-state index contributed by atoms with van der Waals surface area (Å²) in [5.74, 6) is 0.527. The van der Waals surface area contributed by atoms with E-state index in [1.54, 1.807) is 18.3 Å². The number of nitrogens with zero attached hydrogens (tertiary/aromatic N) is 1. The lowest BCUT2D eigenvalue weighted by Gasteiger charge is -2.11. The molecule has 0 saturated carbocycles. The monoisotopic (exact) mass is 237 g/mol. The van der Waals surface area contributed by atoms with Gasteiger partial charge < -0.3 is 10.3 Å². The summed E-state index contributed by atoms with van der Waals surface area (Å²) in [7, 11) is 0.